The zero-order valence-electron chi connectivity index (χ0n) is 14.0. The van der Waals surface area contributed by atoms with Crippen molar-refractivity contribution >= 4 is 10.0 Å². The number of methoxy groups -OCH3 is 2. The highest BCUT2D eigenvalue weighted by molar-refractivity contribution is 7.89. The predicted octanol–water partition coefficient (Wildman–Crippen LogP) is 2.32. The Kier molecular flexibility index (Phi) is 4.66. The Morgan fingerprint density at radius 2 is 1.76 bits per heavy atom. The van der Waals surface area contributed by atoms with E-state index in [9.17, 15) is 8.42 Å². The van der Waals surface area contributed by atoms with Crippen LogP contribution in [0.15, 0.2) is 41.3 Å². The zero-order chi connectivity index (χ0) is 18.0. The van der Waals surface area contributed by atoms with Crippen molar-refractivity contribution in [2.45, 2.75) is 17.9 Å². The number of nitrogens with zero attached hydrogens (tertiary/aromatic N) is 2. The summed E-state index contributed by atoms with van der Waals surface area (Å²) in [6.07, 6.45) is 0.590. The molecule has 1 aliphatic rings. The lowest BCUT2D eigenvalue weighted by molar-refractivity contribution is 0.348. The van der Waals surface area contributed by atoms with Gasteiger partial charge in [0.25, 0.3) is 0 Å². The Morgan fingerprint density at radius 1 is 1.08 bits per heavy atom. The predicted molar refractivity (Wildman–Crippen MR) is 92.0 cm³/mol. The normalized spacial score (nSPS) is 14.4. The summed E-state index contributed by atoms with van der Waals surface area (Å²) >= 11 is 0. The van der Waals surface area contributed by atoms with E-state index >= 15 is 0 Å². The molecule has 25 heavy (non-hydrogen) atoms. The van der Waals surface area contributed by atoms with Crippen LogP contribution in [-0.4, -0.2) is 33.5 Å². The minimum Gasteiger partial charge on any atom is -0.493 e. The van der Waals surface area contributed by atoms with Crippen LogP contribution in [0.5, 0.6) is 11.5 Å². The van der Waals surface area contributed by atoms with Gasteiger partial charge in [-0.05, 0) is 47.9 Å². The molecule has 0 bridgehead atoms. The summed E-state index contributed by atoms with van der Waals surface area (Å²) in [5, 5.41) is 8.99. The Morgan fingerprint density at radius 3 is 2.40 bits per heavy atom. The van der Waals surface area contributed by atoms with Crippen LogP contribution in [0.1, 0.15) is 16.7 Å². The molecule has 1 aliphatic heterocycles. The third-order valence-corrected chi connectivity index (χ3v) is 6.13. The van der Waals surface area contributed by atoms with E-state index in [0.29, 0.717) is 30.0 Å². The number of fused-ring (bicyclic) bond motifs is 1. The van der Waals surface area contributed by atoms with E-state index in [1.807, 2.05) is 18.2 Å². The van der Waals surface area contributed by atoms with Gasteiger partial charge < -0.3 is 9.47 Å². The second kappa shape index (κ2) is 6.75. The van der Waals surface area contributed by atoms with Gasteiger partial charge in [-0.3, -0.25) is 0 Å². The van der Waals surface area contributed by atoms with E-state index in [1.165, 1.54) is 16.4 Å². The minimum atomic E-state index is -3.66. The lowest BCUT2D eigenvalue weighted by Crippen LogP contribution is -2.36. The molecule has 0 N–H and O–H groups in total. The molecule has 0 fully saturated rings. The molecule has 7 heteroatoms. The molecule has 3 rings (SSSR count). The van der Waals surface area contributed by atoms with Gasteiger partial charge in [0.2, 0.25) is 10.0 Å². The Labute approximate surface area is 147 Å². The second-order valence-electron chi connectivity index (χ2n) is 5.70. The second-order valence-corrected chi connectivity index (χ2v) is 7.64. The van der Waals surface area contributed by atoms with Gasteiger partial charge in [0.05, 0.1) is 30.7 Å². The third-order valence-electron chi connectivity index (χ3n) is 4.28. The zero-order valence-corrected chi connectivity index (χ0v) is 14.8. The van der Waals surface area contributed by atoms with Gasteiger partial charge >= 0.3 is 0 Å². The van der Waals surface area contributed by atoms with Gasteiger partial charge in [0.15, 0.2) is 11.5 Å². The summed E-state index contributed by atoms with van der Waals surface area (Å²) in [5.41, 5.74) is 2.27. The van der Waals surface area contributed by atoms with Crippen molar-refractivity contribution in [3.8, 4) is 17.6 Å². The molecule has 0 amide bonds. The van der Waals surface area contributed by atoms with Crippen molar-refractivity contribution < 1.29 is 17.9 Å². The van der Waals surface area contributed by atoms with Gasteiger partial charge in [-0.15, -0.1) is 0 Å². The SMILES string of the molecule is COc1cc2c(cc1OC)CN(S(=O)(=O)c1cccc(C#N)c1)CC2. The molecule has 0 atom stereocenters. The first-order valence-corrected chi connectivity index (χ1v) is 9.17. The molecule has 0 aliphatic carbocycles. The van der Waals surface area contributed by atoms with Crippen LogP contribution in [-0.2, 0) is 23.0 Å². The molecule has 2 aromatic rings. The smallest absolute Gasteiger partial charge is 0.243 e. The van der Waals surface area contributed by atoms with Crippen LogP contribution in [0.3, 0.4) is 0 Å². The molecular weight excluding hydrogens is 340 g/mol. The van der Waals surface area contributed by atoms with Gasteiger partial charge in [0, 0.05) is 13.1 Å². The van der Waals surface area contributed by atoms with Crippen molar-refractivity contribution in [3.63, 3.8) is 0 Å². The summed E-state index contributed by atoms with van der Waals surface area (Å²) in [6, 6.07) is 11.8. The fraction of sp³-hybridized carbons (Fsp3) is 0.278. The largest absolute Gasteiger partial charge is 0.493 e. The van der Waals surface area contributed by atoms with E-state index in [1.54, 1.807) is 26.4 Å². The Bertz CT molecular complexity index is 948. The molecule has 0 radical (unpaired) electrons. The van der Waals surface area contributed by atoms with E-state index in [-0.39, 0.29) is 11.4 Å². The number of hydrogen-bond donors (Lipinski definition) is 0. The van der Waals surface area contributed by atoms with Crippen LogP contribution in [0.25, 0.3) is 0 Å². The van der Waals surface area contributed by atoms with Gasteiger partial charge in [-0.2, -0.15) is 9.57 Å². The molecule has 0 saturated heterocycles. The molecule has 0 unspecified atom stereocenters. The molecular formula is C18H18N2O4S. The molecule has 0 saturated carbocycles. The standard InChI is InChI=1S/C18H18N2O4S/c1-23-17-9-14-6-7-20(12-15(14)10-18(17)24-2)25(21,22)16-5-3-4-13(8-16)11-19/h3-5,8-10H,6-7,12H2,1-2H3. The quantitative estimate of drug-likeness (QED) is 0.838. The van der Waals surface area contributed by atoms with Crippen LogP contribution in [0.4, 0.5) is 0 Å². The molecule has 0 aromatic heterocycles. The fourth-order valence-corrected chi connectivity index (χ4v) is 4.40. The first-order chi connectivity index (χ1) is 12.0. The first kappa shape index (κ1) is 17.3. The first-order valence-electron chi connectivity index (χ1n) is 7.73. The third kappa shape index (κ3) is 3.18. The summed E-state index contributed by atoms with van der Waals surface area (Å²) in [5.74, 6) is 1.21. The van der Waals surface area contributed by atoms with Crippen LogP contribution < -0.4 is 9.47 Å². The molecule has 130 valence electrons. The minimum absolute atomic E-state index is 0.135. The van der Waals surface area contributed by atoms with Crippen molar-refractivity contribution in [2.24, 2.45) is 0 Å². The maximum atomic E-state index is 12.9. The van der Waals surface area contributed by atoms with E-state index in [0.717, 1.165) is 11.1 Å². The highest BCUT2D eigenvalue weighted by Crippen LogP contribution is 2.34. The monoisotopic (exact) mass is 358 g/mol. The van der Waals surface area contributed by atoms with Crippen LogP contribution in [0.2, 0.25) is 0 Å². The van der Waals surface area contributed by atoms with Crippen molar-refractivity contribution in [1.82, 2.24) is 4.31 Å². The van der Waals surface area contributed by atoms with E-state index in [2.05, 4.69) is 0 Å². The molecule has 6 nitrogen and oxygen atoms in total. The number of hydrogen-bond acceptors (Lipinski definition) is 5. The Balaban J connectivity index is 1.95. The molecule has 0 spiro atoms. The summed E-state index contributed by atoms with van der Waals surface area (Å²) in [7, 11) is -0.536. The lowest BCUT2D eigenvalue weighted by atomic mass is 10.0. The van der Waals surface area contributed by atoms with Crippen molar-refractivity contribution in [2.75, 3.05) is 20.8 Å². The van der Waals surface area contributed by atoms with E-state index < -0.39 is 10.0 Å². The Hall–Kier alpha value is -2.56. The topological polar surface area (TPSA) is 79.6 Å². The number of nitriles is 1. The maximum absolute atomic E-state index is 12.9. The average Bonchev–Trinajstić information content (AvgIpc) is 2.66. The summed E-state index contributed by atoms with van der Waals surface area (Å²) < 4.78 is 37.8. The van der Waals surface area contributed by atoms with Gasteiger partial charge in [-0.1, -0.05) is 6.07 Å². The number of sulfonamides is 1. The average molecular weight is 358 g/mol. The maximum Gasteiger partial charge on any atom is 0.243 e. The fourth-order valence-electron chi connectivity index (χ4n) is 2.94. The molecule has 2 aromatic carbocycles. The molecule has 1 heterocycles. The van der Waals surface area contributed by atoms with Crippen molar-refractivity contribution in [1.29, 1.82) is 5.26 Å². The van der Waals surface area contributed by atoms with Crippen molar-refractivity contribution in [3.05, 3.63) is 53.1 Å². The summed E-state index contributed by atoms with van der Waals surface area (Å²) in [6.45, 7) is 0.635. The highest BCUT2D eigenvalue weighted by atomic mass is 32.2. The number of rotatable bonds is 4. The summed E-state index contributed by atoms with van der Waals surface area (Å²) in [4.78, 5) is 0.135. The number of benzene rings is 2. The van der Waals surface area contributed by atoms with E-state index in [4.69, 9.17) is 14.7 Å². The highest BCUT2D eigenvalue weighted by Gasteiger charge is 2.29. The van der Waals surface area contributed by atoms with Gasteiger partial charge in [-0.25, -0.2) is 8.42 Å². The van der Waals surface area contributed by atoms with Gasteiger partial charge in [0.1, 0.15) is 0 Å². The van der Waals surface area contributed by atoms with Crippen LogP contribution in [0, 0.1) is 11.3 Å². The van der Waals surface area contributed by atoms with Crippen LogP contribution >= 0.6 is 0 Å². The lowest BCUT2D eigenvalue weighted by Gasteiger charge is -2.29. The number of ether oxygens (including phenoxy) is 2.